The fraction of sp³-hybridized carbons (Fsp3) is 0.533. The highest BCUT2D eigenvalue weighted by molar-refractivity contribution is 5.72. The summed E-state index contributed by atoms with van der Waals surface area (Å²) in [5.41, 5.74) is 6.77. The summed E-state index contributed by atoms with van der Waals surface area (Å²) in [7, 11) is 1.62. The molecule has 0 bridgehead atoms. The quantitative estimate of drug-likeness (QED) is 0.846. The van der Waals surface area contributed by atoms with E-state index in [2.05, 4.69) is 0 Å². The van der Waals surface area contributed by atoms with E-state index in [4.69, 9.17) is 15.2 Å². The summed E-state index contributed by atoms with van der Waals surface area (Å²) in [6.07, 6.45) is 3.52. The third kappa shape index (κ3) is 3.96. The van der Waals surface area contributed by atoms with Crippen LogP contribution in [0.3, 0.4) is 0 Å². The van der Waals surface area contributed by atoms with Gasteiger partial charge in [-0.2, -0.15) is 0 Å². The molecule has 1 fully saturated rings. The average molecular weight is 263 g/mol. The molecule has 4 heteroatoms. The van der Waals surface area contributed by atoms with Gasteiger partial charge in [0.2, 0.25) is 0 Å². The van der Waals surface area contributed by atoms with Gasteiger partial charge in [0.05, 0.1) is 13.0 Å². The van der Waals surface area contributed by atoms with Gasteiger partial charge in [-0.05, 0) is 43.4 Å². The highest BCUT2D eigenvalue weighted by atomic mass is 16.5. The molecule has 19 heavy (non-hydrogen) atoms. The van der Waals surface area contributed by atoms with E-state index in [1.165, 1.54) is 0 Å². The Hall–Kier alpha value is -1.55. The van der Waals surface area contributed by atoms with Crippen molar-refractivity contribution in [2.75, 3.05) is 7.11 Å². The lowest BCUT2D eigenvalue weighted by Crippen LogP contribution is -2.30. The van der Waals surface area contributed by atoms with Gasteiger partial charge >= 0.3 is 5.97 Å². The second-order valence-corrected chi connectivity index (χ2v) is 5.07. The third-order valence-electron chi connectivity index (χ3n) is 3.62. The molecule has 2 N–H and O–H groups in total. The van der Waals surface area contributed by atoms with Gasteiger partial charge in [0.1, 0.15) is 12.4 Å². The van der Waals surface area contributed by atoms with Crippen molar-refractivity contribution in [1.82, 2.24) is 0 Å². The van der Waals surface area contributed by atoms with Gasteiger partial charge in [-0.3, -0.25) is 4.79 Å². The normalized spacial score (nSPS) is 22.8. The van der Waals surface area contributed by atoms with Gasteiger partial charge in [0.25, 0.3) is 0 Å². The van der Waals surface area contributed by atoms with Gasteiger partial charge in [-0.1, -0.05) is 12.1 Å². The van der Waals surface area contributed by atoms with Crippen LogP contribution in [-0.2, 0) is 16.1 Å². The van der Waals surface area contributed by atoms with Crippen LogP contribution >= 0.6 is 0 Å². The fourth-order valence-electron chi connectivity index (χ4n) is 2.39. The first-order chi connectivity index (χ1) is 9.19. The summed E-state index contributed by atoms with van der Waals surface area (Å²) in [6, 6.07) is 7.81. The van der Waals surface area contributed by atoms with Crippen molar-refractivity contribution in [1.29, 1.82) is 0 Å². The summed E-state index contributed by atoms with van der Waals surface area (Å²) in [6.45, 7) is 0.304. The molecule has 1 aliphatic rings. The maximum Gasteiger partial charge on any atom is 0.309 e. The highest BCUT2D eigenvalue weighted by Gasteiger charge is 2.25. The minimum Gasteiger partial charge on any atom is -0.497 e. The van der Waals surface area contributed by atoms with Gasteiger partial charge in [0, 0.05) is 6.04 Å². The zero-order valence-corrected chi connectivity index (χ0v) is 11.3. The highest BCUT2D eigenvalue weighted by Crippen LogP contribution is 2.24. The SMILES string of the molecule is COc1cccc(COC(=O)C2CCC(N)CC2)c1. The summed E-state index contributed by atoms with van der Waals surface area (Å²) in [5, 5.41) is 0. The van der Waals surface area contributed by atoms with Crippen molar-refractivity contribution in [2.45, 2.75) is 38.3 Å². The zero-order chi connectivity index (χ0) is 13.7. The van der Waals surface area contributed by atoms with Crippen LogP contribution in [0, 0.1) is 5.92 Å². The molecular weight excluding hydrogens is 242 g/mol. The predicted octanol–water partition coefficient (Wildman–Crippen LogP) is 2.26. The van der Waals surface area contributed by atoms with Crippen LogP contribution in [0.5, 0.6) is 5.75 Å². The Labute approximate surface area is 113 Å². The molecule has 0 saturated heterocycles. The van der Waals surface area contributed by atoms with E-state index < -0.39 is 0 Å². The smallest absolute Gasteiger partial charge is 0.309 e. The summed E-state index contributed by atoms with van der Waals surface area (Å²) >= 11 is 0. The largest absolute Gasteiger partial charge is 0.497 e. The van der Waals surface area contributed by atoms with Gasteiger partial charge in [0.15, 0.2) is 0 Å². The van der Waals surface area contributed by atoms with Crippen molar-refractivity contribution in [3.8, 4) is 5.75 Å². The Balaban J connectivity index is 1.82. The van der Waals surface area contributed by atoms with Crippen LogP contribution in [0.15, 0.2) is 24.3 Å². The van der Waals surface area contributed by atoms with E-state index >= 15 is 0 Å². The average Bonchev–Trinajstić information content (AvgIpc) is 2.46. The Bertz CT molecular complexity index is 425. The molecule has 104 valence electrons. The molecule has 4 nitrogen and oxygen atoms in total. The number of carbonyl (C=O) groups is 1. The number of hydrogen-bond acceptors (Lipinski definition) is 4. The van der Waals surface area contributed by atoms with Crippen molar-refractivity contribution in [3.63, 3.8) is 0 Å². The van der Waals surface area contributed by atoms with E-state index in [0.717, 1.165) is 37.0 Å². The van der Waals surface area contributed by atoms with E-state index in [0.29, 0.717) is 6.61 Å². The number of nitrogens with two attached hydrogens (primary N) is 1. The van der Waals surface area contributed by atoms with Crippen molar-refractivity contribution < 1.29 is 14.3 Å². The minimum atomic E-state index is -0.102. The molecule has 0 atom stereocenters. The first kappa shape index (κ1) is 13.9. The van der Waals surface area contributed by atoms with E-state index in [1.807, 2.05) is 24.3 Å². The van der Waals surface area contributed by atoms with Gasteiger partial charge < -0.3 is 15.2 Å². The Morgan fingerprint density at radius 3 is 2.74 bits per heavy atom. The van der Waals surface area contributed by atoms with Crippen LogP contribution < -0.4 is 10.5 Å². The number of esters is 1. The van der Waals surface area contributed by atoms with Gasteiger partial charge in [-0.15, -0.1) is 0 Å². The fourth-order valence-corrected chi connectivity index (χ4v) is 2.39. The van der Waals surface area contributed by atoms with Crippen LogP contribution in [-0.4, -0.2) is 19.1 Å². The first-order valence-corrected chi connectivity index (χ1v) is 6.74. The molecule has 1 aliphatic carbocycles. The van der Waals surface area contributed by atoms with Crippen LogP contribution in [0.1, 0.15) is 31.2 Å². The lowest BCUT2D eigenvalue weighted by atomic mass is 9.86. The van der Waals surface area contributed by atoms with Crippen molar-refractivity contribution in [2.24, 2.45) is 11.7 Å². The lowest BCUT2D eigenvalue weighted by molar-refractivity contribution is -0.151. The molecule has 0 unspecified atom stereocenters. The second kappa shape index (κ2) is 6.57. The molecule has 0 radical (unpaired) electrons. The summed E-state index contributed by atoms with van der Waals surface area (Å²) < 4.78 is 10.5. The third-order valence-corrected chi connectivity index (χ3v) is 3.62. The second-order valence-electron chi connectivity index (χ2n) is 5.07. The maximum atomic E-state index is 11.9. The molecule has 0 spiro atoms. The molecule has 1 aromatic carbocycles. The Morgan fingerprint density at radius 1 is 1.32 bits per heavy atom. The number of rotatable bonds is 4. The molecule has 0 heterocycles. The molecule has 1 saturated carbocycles. The molecule has 2 rings (SSSR count). The number of hydrogen-bond donors (Lipinski definition) is 1. The standard InChI is InChI=1S/C15H21NO3/c1-18-14-4-2-3-11(9-14)10-19-15(17)12-5-7-13(16)8-6-12/h2-4,9,12-13H,5-8,10,16H2,1H3. The monoisotopic (exact) mass is 263 g/mol. The van der Waals surface area contributed by atoms with Crippen LogP contribution in [0.2, 0.25) is 0 Å². The summed E-state index contributed by atoms with van der Waals surface area (Å²) in [4.78, 5) is 11.9. The number of carbonyl (C=O) groups excluding carboxylic acids is 1. The van der Waals surface area contributed by atoms with Crippen molar-refractivity contribution >= 4 is 5.97 Å². The Morgan fingerprint density at radius 2 is 2.05 bits per heavy atom. The Kier molecular flexibility index (Phi) is 4.80. The number of ether oxygens (including phenoxy) is 2. The molecular formula is C15H21NO3. The summed E-state index contributed by atoms with van der Waals surface area (Å²) in [5.74, 6) is 0.692. The topological polar surface area (TPSA) is 61.5 Å². The number of benzene rings is 1. The molecule has 0 aromatic heterocycles. The number of methoxy groups -OCH3 is 1. The van der Waals surface area contributed by atoms with E-state index in [-0.39, 0.29) is 17.9 Å². The zero-order valence-electron chi connectivity index (χ0n) is 11.3. The predicted molar refractivity (Wildman–Crippen MR) is 72.7 cm³/mol. The minimum absolute atomic E-state index is 0.0189. The molecule has 1 aromatic rings. The molecule has 0 aliphatic heterocycles. The van der Waals surface area contributed by atoms with Crippen LogP contribution in [0.4, 0.5) is 0 Å². The van der Waals surface area contributed by atoms with E-state index in [1.54, 1.807) is 7.11 Å². The van der Waals surface area contributed by atoms with E-state index in [9.17, 15) is 4.79 Å². The van der Waals surface area contributed by atoms with Crippen molar-refractivity contribution in [3.05, 3.63) is 29.8 Å². The van der Waals surface area contributed by atoms with Crippen LogP contribution in [0.25, 0.3) is 0 Å². The first-order valence-electron chi connectivity index (χ1n) is 6.74. The van der Waals surface area contributed by atoms with Gasteiger partial charge in [-0.25, -0.2) is 0 Å². The lowest BCUT2D eigenvalue weighted by Gasteiger charge is -2.24. The maximum absolute atomic E-state index is 11.9. The molecule has 0 amide bonds.